The third-order valence-corrected chi connectivity index (χ3v) is 2.14. The van der Waals surface area contributed by atoms with Gasteiger partial charge in [0.05, 0.1) is 0 Å². The largest absolute Gasteiger partial charge is 0.462 e. The van der Waals surface area contributed by atoms with Gasteiger partial charge in [0.15, 0.2) is 0 Å². The third kappa shape index (κ3) is 6.17. The molecule has 0 heterocycles. The average molecular weight is 229 g/mol. The molecule has 80 valence electrons. The lowest BCUT2D eigenvalue weighted by Crippen LogP contribution is -2.20. The van der Waals surface area contributed by atoms with Crippen LogP contribution in [0.1, 0.15) is 45.4 Å². The molecule has 1 saturated carbocycles. The Morgan fingerprint density at radius 3 is 2.23 bits per heavy atom. The molecule has 0 saturated heterocycles. The van der Waals surface area contributed by atoms with Crippen LogP contribution in [0.3, 0.4) is 0 Å². The van der Waals surface area contributed by atoms with Gasteiger partial charge in [-0.3, -0.25) is 4.79 Å². The Morgan fingerprint density at radius 1 is 1.23 bits per heavy atom. The van der Waals surface area contributed by atoms with Gasteiger partial charge in [0.2, 0.25) is 0 Å². The van der Waals surface area contributed by atoms with Gasteiger partial charge in [0.25, 0.3) is 0 Å². The van der Waals surface area contributed by atoms with E-state index in [9.17, 15) is 4.79 Å². The van der Waals surface area contributed by atoms with Gasteiger partial charge in [-0.2, -0.15) is 0 Å². The summed E-state index contributed by atoms with van der Waals surface area (Å²) in [5.74, 6) is -0.0445. The highest BCUT2D eigenvalue weighted by Gasteiger charge is 2.16. The number of ether oxygens (including phenoxy) is 1. The number of esters is 1. The van der Waals surface area contributed by atoms with Crippen LogP contribution >= 0.6 is 24.8 Å². The molecule has 0 N–H and O–H groups in total. The molecular formula is C9H18Cl2O2. The number of carbonyl (C=O) groups is 1. The maximum absolute atomic E-state index is 10.9. The minimum absolute atomic E-state index is 0. The minimum Gasteiger partial charge on any atom is -0.462 e. The van der Waals surface area contributed by atoms with Crippen molar-refractivity contribution in [1.82, 2.24) is 0 Å². The first kappa shape index (κ1) is 15.5. The highest BCUT2D eigenvalue weighted by Crippen LogP contribution is 2.20. The Kier molecular flexibility index (Phi) is 10.3. The van der Waals surface area contributed by atoms with Crippen molar-refractivity contribution in [2.24, 2.45) is 0 Å². The Balaban J connectivity index is 0. The van der Waals surface area contributed by atoms with E-state index in [-0.39, 0.29) is 36.9 Å². The van der Waals surface area contributed by atoms with Gasteiger partial charge >= 0.3 is 5.97 Å². The number of hydrogen-bond acceptors (Lipinski definition) is 2. The van der Waals surface area contributed by atoms with Gasteiger partial charge in [-0.1, -0.05) is 13.3 Å². The van der Waals surface area contributed by atoms with Crippen LogP contribution in [0.5, 0.6) is 0 Å². The van der Waals surface area contributed by atoms with Gasteiger partial charge in [-0.15, -0.1) is 24.8 Å². The van der Waals surface area contributed by atoms with Crippen molar-refractivity contribution in [3.8, 4) is 0 Å². The molecule has 1 rings (SSSR count). The fourth-order valence-corrected chi connectivity index (χ4v) is 1.45. The number of halogens is 2. The van der Waals surface area contributed by atoms with Crippen molar-refractivity contribution in [2.75, 3.05) is 0 Å². The van der Waals surface area contributed by atoms with E-state index < -0.39 is 0 Å². The van der Waals surface area contributed by atoms with Crippen molar-refractivity contribution >= 4 is 30.8 Å². The minimum atomic E-state index is -0.0445. The number of rotatable bonds is 2. The second-order valence-corrected chi connectivity index (χ2v) is 3.10. The van der Waals surface area contributed by atoms with Crippen LogP contribution in [-0.2, 0) is 9.53 Å². The van der Waals surface area contributed by atoms with Crippen LogP contribution in [0.15, 0.2) is 0 Å². The third-order valence-electron chi connectivity index (χ3n) is 2.14. The molecule has 4 heteroatoms. The lowest BCUT2D eigenvalue weighted by atomic mass is 9.98. The van der Waals surface area contributed by atoms with Gasteiger partial charge < -0.3 is 4.74 Å². The van der Waals surface area contributed by atoms with Crippen LogP contribution in [0.4, 0.5) is 0 Å². The molecule has 1 aliphatic carbocycles. The summed E-state index contributed by atoms with van der Waals surface area (Å²) in [5, 5.41) is 0. The van der Waals surface area contributed by atoms with Crippen LogP contribution in [0, 0.1) is 0 Å². The molecule has 1 fully saturated rings. The van der Waals surface area contributed by atoms with Gasteiger partial charge in [-0.05, 0) is 25.7 Å². The molecule has 0 aromatic heterocycles. The summed E-state index contributed by atoms with van der Waals surface area (Å²) in [5.41, 5.74) is 0. The van der Waals surface area contributed by atoms with Crippen LogP contribution < -0.4 is 0 Å². The predicted octanol–water partition coefficient (Wildman–Crippen LogP) is 3.12. The summed E-state index contributed by atoms with van der Waals surface area (Å²) in [6.45, 7) is 1.84. The predicted molar refractivity (Wildman–Crippen MR) is 57.8 cm³/mol. The van der Waals surface area contributed by atoms with Crippen LogP contribution in [-0.4, -0.2) is 12.1 Å². The van der Waals surface area contributed by atoms with Crippen LogP contribution in [0.2, 0.25) is 0 Å². The highest BCUT2D eigenvalue weighted by molar-refractivity contribution is 5.85. The fourth-order valence-electron chi connectivity index (χ4n) is 1.45. The zero-order valence-corrected chi connectivity index (χ0v) is 9.59. The molecule has 13 heavy (non-hydrogen) atoms. The van der Waals surface area contributed by atoms with E-state index in [0.717, 1.165) is 12.8 Å². The van der Waals surface area contributed by atoms with Crippen molar-refractivity contribution < 1.29 is 9.53 Å². The van der Waals surface area contributed by atoms with Gasteiger partial charge in [0, 0.05) is 6.42 Å². The average Bonchev–Trinajstić information content (AvgIpc) is 2.06. The fraction of sp³-hybridized carbons (Fsp3) is 0.889. The number of hydrogen-bond donors (Lipinski definition) is 0. The molecule has 0 radical (unpaired) electrons. The highest BCUT2D eigenvalue weighted by atomic mass is 35.5. The van der Waals surface area contributed by atoms with Crippen molar-refractivity contribution in [3.05, 3.63) is 0 Å². The monoisotopic (exact) mass is 228 g/mol. The zero-order chi connectivity index (χ0) is 8.10. The first-order chi connectivity index (χ1) is 5.33. The second-order valence-electron chi connectivity index (χ2n) is 3.10. The van der Waals surface area contributed by atoms with E-state index in [1.54, 1.807) is 0 Å². The topological polar surface area (TPSA) is 26.3 Å². The van der Waals surface area contributed by atoms with E-state index in [0.29, 0.717) is 6.42 Å². The van der Waals surface area contributed by atoms with Crippen LogP contribution in [0.25, 0.3) is 0 Å². The standard InChI is InChI=1S/C9H16O2.2ClH/c1-2-9(10)11-8-6-4-3-5-7-8;;/h8H,2-7H2,1H3;2*1H. The molecule has 0 unspecified atom stereocenters. The Hall–Kier alpha value is 0.0500. The van der Waals surface area contributed by atoms with E-state index in [1.807, 2.05) is 6.92 Å². The Morgan fingerprint density at radius 2 is 1.77 bits per heavy atom. The first-order valence-electron chi connectivity index (χ1n) is 4.52. The molecule has 0 aliphatic heterocycles. The smallest absolute Gasteiger partial charge is 0.305 e. The second kappa shape index (κ2) is 8.64. The molecule has 2 nitrogen and oxygen atoms in total. The molecule has 0 spiro atoms. The van der Waals surface area contributed by atoms with Crippen molar-refractivity contribution in [2.45, 2.75) is 51.6 Å². The molecule has 0 aromatic rings. The van der Waals surface area contributed by atoms with E-state index >= 15 is 0 Å². The normalized spacial score (nSPS) is 16.7. The summed E-state index contributed by atoms with van der Waals surface area (Å²) in [7, 11) is 0. The summed E-state index contributed by atoms with van der Waals surface area (Å²) in [6, 6.07) is 0. The zero-order valence-electron chi connectivity index (χ0n) is 7.95. The maximum Gasteiger partial charge on any atom is 0.305 e. The van der Waals surface area contributed by atoms with E-state index in [1.165, 1.54) is 19.3 Å². The molecule has 0 amide bonds. The molecule has 0 atom stereocenters. The quantitative estimate of drug-likeness (QED) is 0.680. The van der Waals surface area contributed by atoms with Crippen molar-refractivity contribution in [3.63, 3.8) is 0 Å². The number of carbonyl (C=O) groups excluding carboxylic acids is 1. The summed E-state index contributed by atoms with van der Waals surface area (Å²) >= 11 is 0. The van der Waals surface area contributed by atoms with Crippen molar-refractivity contribution in [1.29, 1.82) is 0 Å². The first-order valence-corrected chi connectivity index (χ1v) is 4.52. The van der Waals surface area contributed by atoms with E-state index in [4.69, 9.17) is 4.74 Å². The SMILES string of the molecule is CCC(=O)OC1CCCCC1.Cl.Cl. The molecule has 0 aromatic carbocycles. The Bertz CT molecular complexity index is 134. The summed E-state index contributed by atoms with van der Waals surface area (Å²) in [4.78, 5) is 10.9. The molecular weight excluding hydrogens is 211 g/mol. The summed E-state index contributed by atoms with van der Waals surface area (Å²) < 4.78 is 5.20. The lowest BCUT2D eigenvalue weighted by Gasteiger charge is -2.21. The van der Waals surface area contributed by atoms with E-state index in [2.05, 4.69) is 0 Å². The molecule has 0 bridgehead atoms. The molecule has 1 aliphatic rings. The van der Waals surface area contributed by atoms with Gasteiger partial charge in [-0.25, -0.2) is 0 Å². The summed E-state index contributed by atoms with van der Waals surface area (Å²) in [6.07, 6.45) is 6.65. The maximum atomic E-state index is 10.9. The van der Waals surface area contributed by atoms with Gasteiger partial charge in [0.1, 0.15) is 6.10 Å². The Labute approximate surface area is 92.2 Å². The lowest BCUT2D eigenvalue weighted by molar-refractivity contribution is -0.150.